The molecule has 0 aliphatic heterocycles. The average Bonchev–Trinajstić information content (AvgIpc) is 2.25. The summed E-state index contributed by atoms with van der Waals surface area (Å²) in [5.41, 5.74) is 2.29. The van der Waals surface area contributed by atoms with Gasteiger partial charge in [-0.3, -0.25) is 4.79 Å². The molecule has 0 aliphatic rings. The van der Waals surface area contributed by atoms with E-state index >= 15 is 0 Å². The maximum Gasteiger partial charge on any atom is 0.154 e. The normalized spacial score (nSPS) is 11.2. The van der Waals surface area contributed by atoms with Crippen molar-refractivity contribution in [3.63, 3.8) is 0 Å². The van der Waals surface area contributed by atoms with E-state index in [4.69, 9.17) is 0 Å². The summed E-state index contributed by atoms with van der Waals surface area (Å²) in [5.74, 6) is 0.0902. The molecule has 0 aliphatic carbocycles. The second-order valence-corrected chi connectivity index (χ2v) is 3.52. The van der Waals surface area contributed by atoms with E-state index in [9.17, 15) is 4.79 Å². The largest absolute Gasteiger partial charge is 0.391 e. The molecule has 0 aromatic heterocycles. The van der Waals surface area contributed by atoms with E-state index in [2.05, 4.69) is 17.4 Å². The fourth-order valence-electron chi connectivity index (χ4n) is 1.44. The first-order chi connectivity index (χ1) is 7.22. The fraction of sp³-hybridized carbons (Fsp3) is 0.308. The molecule has 0 heterocycles. The summed E-state index contributed by atoms with van der Waals surface area (Å²) in [6.45, 7) is 1.57. The smallest absolute Gasteiger partial charge is 0.154 e. The van der Waals surface area contributed by atoms with Gasteiger partial charge in [0.1, 0.15) is 0 Å². The number of hydrogen-bond donors (Lipinski definition) is 1. The number of aryl methyl sites for hydroxylation is 1. The summed E-state index contributed by atoms with van der Waals surface area (Å²) in [6, 6.07) is 10.3. The number of hydrogen-bond acceptors (Lipinski definition) is 2. The second-order valence-electron chi connectivity index (χ2n) is 3.52. The van der Waals surface area contributed by atoms with Gasteiger partial charge in [0.15, 0.2) is 5.78 Å². The predicted molar refractivity (Wildman–Crippen MR) is 62.6 cm³/mol. The zero-order valence-electron chi connectivity index (χ0n) is 9.29. The lowest BCUT2D eigenvalue weighted by atomic mass is 10.1. The standard InChI is InChI=1S/C13H17NO/c1-11(15)10-13(14-2)9-8-12-6-4-3-5-7-12/h3-7,10,14H,8-9H2,1-2H3/b13-10-. The average molecular weight is 203 g/mol. The van der Waals surface area contributed by atoms with Crippen LogP contribution in [0.3, 0.4) is 0 Å². The minimum atomic E-state index is 0.0902. The van der Waals surface area contributed by atoms with Crippen molar-refractivity contribution in [3.05, 3.63) is 47.7 Å². The van der Waals surface area contributed by atoms with Gasteiger partial charge in [-0.25, -0.2) is 0 Å². The van der Waals surface area contributed by atoms with Gasteiger partial charge in [-0.05, 0) is 31.4 Å². The van der Waals surface area contributed by atoms with E-state index in [1.165, 1.54) is 5.56 Å². The summed E-state index contributed by atoms with van der Waals surface area (Å²) in [6.07, 6.45) is 3.49. The number of carbonyl (C=O) groups is 1. The molecule has 1 aromatic carbocycles. The van der Waals surface area contributed by atoms with Gasteiger partial charge in [0.2, 0.25) is 0 Å². The first-order valence-electron chi connectivity index (χ1n) is 5.15. The second kappa shape index (κ2) is 6.02. The van der Waals surface area contributed by atoms with Gasteiger partial charge in [0.25, 0.3) is 0 Å². The van der Waals surface area contributed by atoms with Crippen LogP contribution in [-0.2, 0) is 11.2 Å². The molecule has 0 fully saturated rings. The van der Waals surface area contributed by atoms with E-state index < -0.39 is 0 Å². The summed E-state index contributed by atoms with van der Waals surface area (Å²) in [7, 11) is 1.85. The van der Waals surface area contributed by atoms with Crippen LogP contribution in [-0.4, -0.2) is 12.8 Å². The summed E-state index contributed by atoms with van der Waals surface area (Å²) in [5, 5.41) is 3.04. The lowest BCUT2D eigenvalue weighted by Gasteiger charge is -2.06. The first-order valence-corrected chi connectivity index (χ1v) is 5.15. The minimum absolute atomic E-state index is 0.0902. The Bertz CT molecular complexity index is 341. The number of nitrogens with one attached hydrogen (secondary N) is 1. The molecular formula is C13H17NO. The van der Waals surface area contributed by atoms with Crippen LogP contribution in [0.2, 0.25) is 0 Å². The highest BCUT2D eigenvalue weighted by Crippen LogP contribution is 2.06. The highest BCUT2D eigenvalue weighted by Gasteiger charge is 1.97. The van der Waals surface area contributed by atoms with Crippen molar-refractivity contribution in [2.45, 2.75) is 19.8 Å². The molecule has 2 heteroatoms. The van der Waals surface area contributed by atoms with Gasteiger partial charge in [-0.15, -0.1) is 0 Å². The van der Waals surface area contributed by atoms with Crippen LogP contribution in [0.1, 0.15) is 18.9 Å². The van der Waals surface area contributed by atoms with Gasteiger partial charge in [0, 0.05) is 12.7 Å². The molecule has 1 N–H and O–H groups in total. The molecule has 0 bridgehead atoms. The third-order valence-corrected chi connectivity index (χ3v) is 2.22. The molecule has 1 aromatic rings. The van der Waals surface area contributed by atoms with Gasteiger partial charge in [-0.1, -0.05) is 30.3 Å². The molecule has 0 saturated heterocycles. The maximum atomic E-state index is 10.9. The van der Waals surface area contributed by atoms with E-state index in [0.29, 0.717) is 0 Å². The monoisotopic (exact) mass is 203 g/mol. The third-order valence-electron chi connectivity index (χ3n) is 2.22. The molecule has 0 saturated carbocycles. The van der Waals surface area contributed by atoms with Crippen molar-refractivity contribution in [3.8, 4) is 0 Å². The molecule has 80 valence electrons. The van der Waals surface area contributed by atoms with Crippen LogP contribution >= 0.6 is 0 Å². The quantitative estimate of drug-likeness (QED) is 0.744. The Morgan fingerprint density at radius 3 is 2.53 bits per heavy atom. The van der Waals surface area contributed by atoms with Gasteiger partial charge in [-0.2, -0.15) is 0 Å². The molecule has 2 nitrogen and oxygen atoms in total. The zero-order chi connectivity index (χ0) is 11.1. The number of rotatable bonds is 5. The topological polar surface area (TPSA) is 29.1 Å². The van der Waals surface area contributed by atoms with E-state index in [-0.39, 0.29) is 5.78 Å². The van der Waals surface area contributed by atoms with Crippen LogP contribution in [0.15, 0.2) is 42.1 Å². The summed E-state index contributed by atoms with van der Waals surface area (Å²) < 4.78 is 0. The third kappa shape index (κ3) is 4.45. The lowest BCUT2D eigenvalue weighted by molar-refractivity contribution is -0.112. The van der Waals surface area contributed by atoms with E-state index in [0.717, 1.165) is 18.5 Å². The first kappa shape index (κ1) is 11.5. The lowest BCUT2D eigenvalue weighted by Crippen LogP contribution is -2.08. The van der Waals surface area contributed by atoms with Gasteiger partial charge >= 0.3 is 0 Å². The predicted octanol–water partition coefficient (Wildman–Crippen LogP) is 2.31. The molecule has 1 rings (SSSR count). The zero-order valence-corrected chi connectivity index (χ0v) is 9.29. The summed E-state index contributed by atoms with van der Waals surface area (Å²) in [4.78, 5) is 10.9. The Balaban J connectivity index is 2.52. The number of ketones is 1. The number of benzene rings is 1. The fourth-order valence-corrected chi connectivity index (χ4v) is 1.44. The SMILES string of the molecule is CN/C(=C\C(C)=O)CCc1ccccc1. The van der Waals surface area contributed by atoms with E-state index in [1.54, 1.807) is 13.0 Å². The highest BCUT2D eigenvalue weighted by atomic mass is 16.1. The molecular weight excluding hydrogens is 186 g/mol. The number of carbonyl (C=O) groups excluding carboxylic acids is 1. The van der Waals surface area contributed by atoms with Crippen molar-refractivity contribution in [2.24, 2.45) is 0 Å². The Labute approximate surface area is 91.0 Å². The van der Waals surface area contributed by atoms with Crippen LogP contribution < -0.4 is 5.32 Å². The van der Waals surface area contributed by atoms with Gasteiger partial charge < -0.3 is 5.32 Å². The minimum Gasteiger partial charge on any atom is -0.391 e. The Kier molecular flexibility index (Phi) is 4.61. The molecule has 0 amide bonds. The molecule has 0 spiro atoms. The van der Waals surface area contributed by atoms with Crippen LogP contribution in [0.25, 0.3) is 0 Å². The Morgan fingerprint density at radius 2 is 2.00 bits per heavy atom. The van der Waals surface area contributed by atoms with Crippen LogP contribution in [0.4, 0.5) is 0 Å². The van der Waals surface area contributed by atoms with Crippen LogP contribution in [0.5, 0.6) is 0 Å². The highest BCUT2D eigenvalue weighted by molar-refractivity contribution is 5.87. The molecule has 0 atom stereocenters. The number of allylic oxidation sites excluding steroid dienone is 2. The van der Waals surface area contributed by atoms with Crippen molar-refractivity contribution >= 4 is 5.78 Å². The Hall–Kier alpha value is -1.57. The molecule has 0 radical (unpaired) electrons. The maximum absolute atomic E-state index is 10.9. The van der Waals surface area contributed by atoms with Crippen molar-refractivity contribution < 1.29 is 4.79 Å². The van der Waals surface area contributed by atoms with Gasteiger partial charge in [0.05, 0.1) is 0 Å². The summed E-state index contributed by atoms with van der Waals surface area (Å²) >= 11 is 0. The van der Waals surface area contributed by atoms with Crippen molar-refractivity contribution in [1.82, 2.24) is 5.32 Å². The van der Waals surface area contributed by atoms with Crippen molar-refractivity contribution in [1.29, 1.82) is 0 Å². The van der Waals surface area contributed by atoms with Crippen molar-refractivity contribution in [2.75, 3.05) is 7.05 Å². The molecule has 0 unspecified atom stereocenters. The molecule has 15 heavy (non-hydrogen) atoms. The van der Waals surface area contributed by atoms with Crippen LogP contribution in [0, 0.1) is 0 Å². The Morgan fingerprint density at radius 1 is 1.33 bits per heavy atom. The van der Waals surface area contributed by atoms with E-state index in [1.807, 2.05) is 25.2 Å².